The number of amides is 1. The average molecular weight is 230 g/mol. The highest BCUT2D eigenvalue weighted by Gasteiger charge is 1.99. The van der Waals surface area contributed by atoms with E-state index in [-0.39, 0.29) is 12.5 Å². The molecule has 1 aromatic rings. The quantitative estimate of drug-likeness (QED) is 0.678. The summed E-state index contributed by atoms with van der Waals surface area (Å²) < 4.78 is 11.6. The Morgan fingerprint density at radius 1 is 1.60 bits per heavy atom. The van der Waals surface area contributed by atoms with Crippen molar-refractivity contribution >= 4 is 17.2 Å². The van der Waals surface area contributed by atoms with E-state index in [2.05, 4.69) is 4.99 Å². The van der Waals surface area contributed by atoms with Crippen LogP contribution in [0.3, 0.4) is 0 Å². The van der Waals surface area contributed by atoms with Crippen LogP contribution in [-0.4, -0.2) is 37.4 Å². The van der Waals surface area contributed by atoms with Crippen molar-refractivity contribution in [3.05, 3.63) is 16.4 Å². The molecule has 1 aromatic heterocycles. The second kappa shape index (κ2) is 6.49. The Kier molecular flexibility index (Phi) is 5.23. The molecule has 0 bridgehead atoms. The molecule has 0 radical (unpaired) electrons. The molecule has 6 heteroatoms. The van der Waals surface area contributed by atoms with E-state index < -0.39 is 0 Å². The minimum atomic E-state index is -0.274. The van der Waals surface area contributed by atoms with Crippen LogP contribution >= 0.6 is 11.3 Å². The van der Waals surface area contributed by atoms with Crippen LogP contribution in [-0.2, 0) is 21.3 Å². The third kappa shape index (κ3) is 4.37. The van der Waals surface area contributed by atoms with E-state index >= 15 is 0 Å². The van der Waals surface area contributed by atoms with Gasteiger partial charge >= 0.3 is 0 Å². The molecule has 0 saturated carbocycles. The average Bonchev–Trinajstić information content (AvgIpc) is 2.59. The van der Waals surface area contributed by atoms with E-state index in [1.165, 1.54) is 11.3 Å². The summed E-state index contributed by atoms with van der Waals surface area (Å²) in [6.45, 7) is 0.898. The van der Waals surface area contributed by atoms with Crippen LogP contribution in [0, 0.1) is 0 Å². The fourth-order valence-corrected chi connectivity index (χ4v) is 1.62. The SMILES string of the molecule is COCCOCC(=O)N=c1sccn1C. The maximum atomic E-state index is 11.3. The number of aryl methyl sites for hydroxylation is 1. The van der Waals surface area contributed by atoms with Gasteiger partial charge in [-0.2, -0.15) is 4.99 Å². The number of nitrogens with zero attached hydrogens (tertiary/aromatic N) is 2. The number of hydrogen-bond donors (Lipinski definition) is 0. The monoisotopic (exact) mass is 230 g/mol. The van der Waals surface area contributed by atoms with Crippen LogP contribution in [0.1, 0.15) is 0 Å². The van der Waals surface area contributed by atoms with Gasteiger partial charge in [-0.15, -0.1) is 11.3 Å². The molecule has 0 aliphatic carbocycles. The fraction of sp³-hybridized carbons (Fsp3) is 0.556. The van der Waals surface area contributed by atoms with Gasteiger partial charge in [0.15, 0.2) is 4.80 Å². The number of hydrogen-bond acceptors (Lipinski definition) is 4. The number of methoxy groups -OCH3 is 1. The number of carbonyl (C=O) groups excluding carboxylic acids is 1. The van der Waals surface area contributed by atoms with Gasteiger partial charge < -0.3 is 14.0 Å². The maximum absolute atomic E-state index is 11.3. The molecule has 0 fully saturated rings. The molecular formula is C9H14N2O3S. The molecule has 0 atom stereocenters. The Hall–Kier alpha value is -0.980. The molecule has 0 N–H and O–H groups in total. The lowest BCUT2D eigenvalue weighted by atomic mass is 10.6. The van der Waals surface area contributed by atoms with Crippen LogP contribution in [0.2, 0.25) is 0 Å². The van der Waals surface area contributed by atoms with Crippen molar-refractivity contribution in [3.8, 4) is 0 Å². The van der Waals surface area contributed by atoms with Crippen molar-refractivity contribution in [1.29, 1.82) is 0 Å². The lowest BCUT2D eigenvalue weighted by Gasteiger charge is -1.99. The number of rotatable bonds is 5. The van der Waals surface area contributed by atoms with Crippen LogP contribution in [0.25, 0.3) is 0 Å². The number of ether oxygens (including phenoxy) is 2. The molecule has 0 saturated heterocycles. The third-order valence-electron chi connectivity index (χ3n) is 1.64. The van der Waals surface area contributed by atoms with E-state index in [0.717, 1.165) is 0 Å². The van der Waals surface area contributed by atoms with Gasteiger partial charge in [0, 0.05) is 25.7 Å². The molecule has 15 heavy (non-hydrogen) atoms. The normalized spacial score (nSPS) is 12.0. The number of thiazole rings is 1. The van der Waals surface area contributed by atoms with Gasteiger partial charge in [0.1, 0.15) is 6.61 Å². The minimum Gasteiger partial charge on any atom is -0.382 e. The molecular weight excluding hydrogens is 216 g/mol. The highest BCUT2D eigenvalue weighted by atomic mass is 32.1. The zero-order chi connectivity index (χ0) is 11.1. The van der Waals surface area contributed by atoms with Crippen molar-refractivity contribution < 1.29 is 14.3 Å². The van der Waals surface area contributed by atoms with Crippen molar-refractivity contribution in [2.75, 3.05) is 26.9 Å². The Balaban J connectivity index is 2.40. The first kappa shape index (κ1) is 12.1. The molecule has 5 nitrogen and oxygen atoms in total. The molecule has 84 valence electrons. The summed E-state index contributed by atoms with van der Waals surface area (Å²) >= 11 is 1.42. The van der Waals surface area contributed by atoms with E-state index in [1.54, 1.807) is 11.7 Å². The Morgan fingerprint density at radius 3 is 3.00 bits per heavy atom. The summed E-state index contributed by atoms with van der Waals surface area (Å²) in [7, 11) is 3.43. The van der Waals surface area contributed by atoms with Gasteiger partial charge in [-0.25, -0.2) is 0 Å². The smallest absolute Gasteiger partial charge is 0.274 e. The summed E-state index contributed by atoms with van der Waals surface area (Å²) in [6, 6.07) is 0. The molecule has 0 aromatic carbocycles. The first-order valence-corrected chi connectivity index (χ1v) is 5.36. The Bertz CT molecular complexity index is 369. The number of aromatic nitrogens is 1. The van der Waals surface area contributed by atoms with Crippen LogP contribution in [0.5, 0.6) is 0 Å². The summed E-state index contributed by atoms with van der Waals surface area (Å²) in [4.78, 5) is 15.9. The van der Waals surface area contributed by atoms with Crippen LogP contribution in [0.4, 0.5) is 0 Å². The largest absolute Gasteiger partial charge is 0.382 e. The minimum absolute atomic E-state index is 0.00125. The van der Waals surface area contributed by atoms with Gasteiger partial charge in [0.05, 0.1) is 13.2 Å². The third-order valence-corrected chi connectivity index (χ3v) is 2.49. The molecule has 0 spiro atoms. The second-order valence-electron chi connectivity index (χ2n) is 2.85. The van der Waals surface area contributed by atoms with Crippen LogP contribution in [0.15, 0.2) is 16.6 Å². The fourth-order valence-electron chi connectivity index (χ4n) is 0.875. The highest BCUT2D eigenvalue weighted by molar-refractivity contribution is 7.07. The zero-order valence-electron chi connectivity index (χ0n) is 8.80. The first-order chi connectivity index (χ1) is 7.24. The summed E-state index contributed by atoms with van der Waals surface area (Å²) in [5.74, 6) is -0.274. The Morgan fingerprint density at radius 2 is 2.40 bits per heavy atom. The summed E-state index contributed by atoms with van der Waals surface area (Å²) in [6.07, 6.45) is 1.85. The van der Waals surface area contributed by atoms with E-state index in [1.807, 2.05) is 18.6 Å². The second-order valence-corrected chi connectivity index (χ2v) is 3.72. The lowest BCUT2D eigenvalue weighted by Crippen LogP contribution is -2.16. The van der Waals surface area contributed by atoms with Crippen molar-refractivity contribution in [2.24, 2.45) is 12.0 Å². The molecule has 1 amide bonds. The van der Waals surface area contributed by atoms with Crippen LogP contribution < -0.4 is 4.80 Å². The molecule has 1 rings (SSSR count). The Labute approximate surface area is 92.0 Å². The summed E-state index contributed by atoms with van der Waals surface area (Å²) in [5, 5.41) is 1.87. The van der Waals surface area contributed by atoms with E-state index in [4.69, 9.17) is 9.47 Å². The predicted octanol–water partition coefficient (Wildman–Crippen LogP) is 0.177. The van der Waals surface area contributed by atoms with Gasteiger partial charge in [-0.1, -0.05) is 0 Å². The van der Waals surface area contributed by atoms with E-state index in [9.17, 15) is 4.79 Å². The van der Waals surface area contributed by atoms with Gasteiger partial charge in [-0.05, 0) is 0 Å². The molecule has 0 aliphatic heterocycles. The summed E-state index contributed by atoms with van der Waals surface area (Å²) in [5.41, 5.74) is 0. The number of carbonyl (C=O) groups is 1. The highest BCUT2D eigenvalue weighted by Crippen LogP contribution is 1.87. The first-order valence-electron chi connectivity index (χ1n) is 4.48. The van der Waals surface area contributed by atoms with Gasteiger partial charge in [0.2, 0.25) is 0 Å². The van der Waals surface area contributed by atoms with E-state index in [0.29, 0.717) is 18.0 Å². The molecule has 0 aliphatic rings. The maximum Gasteiger partial charge on any atom is 0.274 e. The molecule has 0 unspecified atom stereocenters. The van der Waals surface area contributed by atoms with Gasteiger partial charge in [0.25, 0.3) is 5.91 Å². The van der Waals surface area contributed by atoms with Gasteiger partial charge in [-0.3, -0.25) is 4.79 Å². The zero-order valence-corrected chi connectivity index (χ0v) is 9.62. The standard InChI is InChI=1S/C9H14N2O3S/c1-11-3-6-15-9(11)10-8(12)7-14-5-4-13-2/h3,6H,4-5,7H2,1-2H3. The van der Waals surface area contributed by atoms with Crippen molar-refractivity contribution in [1.82, 2.24) is 4.57 Å². The predicted molar refractivity (Wildman–Crippen MR) is 56.6 cm³/mol. The van der Waals surface area contributed by atoms with Crippen molar-refractivity contribution in [2.45, 2.75) is 0 Å². The molecule has 1 heterocycles. The lowest BCUT2D eigenvalue weighted by molar-refractivity contribution is -0.123. The van der Waals surface area contributed by atoms with Crippen molar-refractivity contribution in [3.63, 3.8) is 0 Å². The topological polar surface area (TPSA) is 52.8 Å².